The zero-order chi connectivity index (χ0) is 28.1. The molecule has 0 saturated carbocycles. The second-order valence-corrected chi connectivity index (χ2v) is 9.65. The predicted molar refractivity (Wildman–Crippen MR) is 140 cm³/mol. The number of alkyl halides is 3. The van der Waals surface area contributed by atoms with E-state index >= 15 is 0 Å². The van der Waals surface area contributed by atoms with Crippen molar-refractivity contribution in [3.8, 4) is 22.8 Å². The van der Waals surface area contributed by atoms with Crippen molar-refractivity contribution in [1.29, 1.82) is 0 Å². The third-order valence-electron chi connectivity index (χ3n) is 6.19. The summed E-state index contributed by atoms with van der Waals surface area (Å²) in [5.41, 5.74) is 3.43. The Morgan fingerprint density at radius 2 is 1.85 bits per heavy atom. The fourth-order valence-corrected chi connectivity index (χ4v) is 4.73. The summed E-state index contributed by atoms with van der Waals surface area (Å²) < 4.78 is 56.0. The Labute approximate surface area is 229 Å². The number of carboxylic acids is 1. The molecule has 0 spiro atoms. The van der Waals surface area contributed by atoms with Crippen molar-refractivity contribution in [2.75, 3.05) is 0 Å². The molecule has 0 radical (unpaired) electrons. The van der Waals surface area contributed by atoms with Crippen molar-refractivity contribution >= 4 is 51.0 Å². The highest BCUT2D eigenvalue weighted by atomic mass is 35.5. The van der Waals surface area contributed by atoms with Crippen molar-refractivity contribution in [3.63, 3.8) is 0 Å². The lowest BCUT2D eigenvalue weighted by Crippen LogP contribution is -2.23. The molecule has 0 bridgehead atoms. The molecule has 1 atom stereocenters. The van der Waals surface area contributed by atoms with Crippen molar-refractivity contribution in [2.45, 2.75) is 32.9 Å². The lowest BCUT2D eigenvalue weighted by Gasteiger charge is -2.15. The third-order valence-corrected chi connectivity index (χ3v) is 6.74. The fourth-order valence-electron chi connectivity index (χ4n) is 4.41. The first-order chi connectivity index (χ1) is 18.4. The Morgan fingerprint density at radius 1 is 1.10 bits per heavy atom. The molecule has 12 heteroatoms. The number of hydrogen-bond donors (Lipinski definition) is 1. The van der Waals surface area contributed by atoms with Gasteiger partial charge in [0, 0.05) is 45.7 Å². The van der Waals surface area contributed by atoms with Crippen molar-refractivity contribution < 1.29 is 37.1 Å². The highest BCUT2D eigenvalue weighted by Crippen LogP contribution is 2.40. The second-order valence-electron chi connectivity index (χ2n) is 8.81. The van der Waals surface area contributed by atoms with Gasteiger partial charge in [-0.25, -0.2) is 4.79 Å². The van der Waals surface area contributed by atoms with Crippen LogP contribution in [0.4, 0.5) is 13.2 Å². The zero-order valence-electron chi connectivity index (χ0n) is 20.3. The summed E-state index contributed by atoms with van der Waals surface area (Å²) in [6, 6.07) is 14.0. The predicted octanol–water partition coefficient (Wildman–Crippen LogP) is 7.86. The van der Waals surface area contributed by atoms with E-state index in [1.165, 1.54) is 25.1 Å². The van der Waals surface area contributed by atoms with Crippen LogP contribution in [0.3, 0.4) is 0 Å². The molecule has 0 fully saturated rings. The molecule has 0 unspecified atom stereocenters. The number of rotatable bonds is 7. The number of fused-ring (bicyclic) bond motifs is 2. The van der Waals surface area contributed by atoms with Crippen molar-refractivity contribution in [3.05, 3.63) is 75.9 Å². The molecular formula is C27H19Cl2F3N2O5. The van der Waals surface area contributed by atoms with E-state index in [0.29, 0.717) is 49.4 Å². The Hall–Kier alpha value is -3.89. The van der Waals surface area contributed by atoms with E-state index in [0.717, 1.165) is 0 Å². The summed E-state index contributed by atoms with van der Waals surface area (Å²) in [6.07, 6.45) is -6.01. The quantitative estimate of drug-likeness (QED) is 0.211. The minimum absolute atomic E-state index is 0.166. The van der Waals surface area contributed by atoms with E-state index < -0.39 is 18.4 Å². The SMILES string of the molecule is Cc1c(-c2noc3cc(Cl)ccc23)c2ccc(OC(F)(F)F)cc2n1Cc1ccc(Cl)c(O[C@H](C)C(=O)O)c1. The summed E-state index contributed by atoms with van der Waals surface area (Å²) in [4.78, 5) is 11.3. The second kappa shape index (κ2) is 10.0. The van der Waals surface area contributed by atoms with E-state index in [1.54, 1.807) is 41.0 Å². The molecule has 0 aliphatic heterocycles. The van der Waals surface area contributed by atoms with Crippen LogP contribution < -0.4 is 9.47 Å². The number of nitrogens with zero attached hydrogens (tertiary/aromatic N) is 2. The lowest BCUT2D eigenvalue weighted by molar-refractivity contribution is -0.274. The number of ether oxygens (including phenoxy) is 2. The van der Waals surface area contributed by atoms with Gasteiger partial charge in [0.2, 0.25) is 0 Å². The maximum Gasteiger partial charge on any atom is 0.573 e. The van der Waals surface area contributed by atoms with Gasteiger partial charge in [-0.1, -0.05) is 34.4 Å². The van der Waals surface area contributed by atoms with E-state index in [4.69, 9.17) is 32.5 Å². The molecular weight excluding hydrogens is 560 g/mol. The first-order valence-electron chi connectivity index (χ1n) is 11.5. The van der Waals surface area contributed by atoms with Crippen LogP contribution >= 0.6 is 23.2 Å². The van der Waals surface area contributed by atoms with Gasteiger partial charge < -0.3 is 23.7 Å². The van der Waals surface area contributed by atoms with Gasteiger partial charge in [0.05, 0.1) is 10.5 Å². The molecule has 2 heterocycles. The smallest absolute Gasteiger partial charge is 0.479 e. The average Bonchev–Trinajstić information content (AvgIpc) is 3.37. The molecule has 0 amide bonds. The van der Waals surface area contributed by atoms with Crippen molar-refractivity contribution in [2.24, 2.45) is 0 Å². The van der Waals surface area contributed by atoms with Gasteiger partial charge in [0.15, 0.2) is 11.7 Å². The molecule has 39 heavy (non-hydrogen) atoms. The van der Waals surface area contributed by atoms with Crippen LogP contribution in [0.5, 0.6) is 11.5 Å². The summed E-state index contributed by atoms with van der Waals surface area (Å²) >= 11 is 12.3. The topological polar surface area (TPSA) is 86.7 Å². The molecule has 0 saturated heterocycles. The molecule has 5 aromatic rings. The zero-order valence-corrected chi connectivity index (χ0v) is 21.9. The maximum absolute atomic E-state index is 13.0. The van der Waals surface area contributed by atoms with Crippen LogP contribution in [-0.2, 0) is 11.3 Å². The normalized spacial score (nSPS) is 12.7. The standard InChI is InChI=1S/C27H19Cl2F3N2O5/c1-13-24(25-19-6-4-16(28)10-22(19)39-33-25)18-7-5-17(38-27(30,31)32)11-21(18)34(13)12-15-3-8-20(29)23(9-15)37-14(2)26(35)36/h3-11,14H,12H2,1-2H3,(H,35,36)/t14-/m1/s1. The minimum Gasteiger partial charge on any atom is -0.479 e. The number of carbonyl (C=O) groups is 1. The van der Waals surface area contributed by atoms with Crippen LogP contribution in [0.15, 0.2) is 59.1 Å². The molecule has 1 N–H and O–H groups in total. The van der Waals surface area contributed by atoms with Crippen LogP contribution in [0.1, 0.15) is 18.2 Å². The number of benzene rings is 3. The van der Waals surface area contributed by atoms with E-state index in [2.05, 4.69) is 9.89 Å². The first kappa shape index (κ1) is 26.7. The van der Waals surface area contributed by atoms with Crippen LogP contribution in [0.25, 0.3) is 33.1 Å². The third kappa shape index (κ3) is 5.35. The molecule has 0 aliphatic carbocycles. The Balaban J connectivity index is 1.66. The number of halogens is 5. The number of aliphatic carboxylic acids is 1. The Morgan fingerprint density at radius 3 is 2.56 bits per heavy atom. The largest absolute Gasteiger partial charge is 0.573 e. The summed E-state index contributed by atoms with van der Waals surface area (Å²) in [7, 11) is 0. The van der Waals surface area contributed by atoms with Gasteiger partial charge in [0.25, 0.3) is 0 Å². The molecule has 5 rings (SSSR count). The van der Waals surface area contributed by atoms with Crippen LogP contribution in [0, 0.1) is 6.92 Å². The van der Waals surface area contributed by atoms with Gasteiger partial charge in [-0.05, 0) is 55.8 Å². The molecule has 7 nitrogen and oxygen atoms in total. The van der Waals surface area contributed by atoms with Crippen molar-refractivity contribution in [1.82, 2.24) is 9.72 Å². The monoisotopic (exact) mass is 578 g/mol. The molecule has 0 aliphatic rings. The minimum atomic E-state index is -4.87. The number of carboxylic acid groups (broad SMARTS) is 1. The van der Waals surface area contributed by atoms with E-state index in [1.807, 2.05) is 6.92 Å². The summed E-state index contributed by atoms with van der Waals surface area (Å²) in [5.74, 6) is -1.38. The maximum atomic E-state index is 13.0. The Kier molecular flexibility index (Phi) is 6.86. The number of aromatic nitrogens is 2. The first-order valence-corrected chi connectivity index (χ1v) is 12.3. The van der Waals surface area contributed by atoms with Gasteiger partial charge in [-0.2, -0.15) is 0 Å². The molecule has 2 aromatic heterocycles. The molecule has 3 aromatic carbocycles. The summed E-state index contributed by atoms with van der Waals surface area (Å²) in [5, 5.41) is 15.4. The van der Waals surface area contributed by atoms with Gasteiger partial charge >= 0.3 is 12.3 Å². The Bertz CT molecular complexity index is 1730. The highest BCUT2D eigenvalue weighted by Gasteiger charge is 2.32. The summed E-state index contributed by atoms with van der Waals surface area (Å²) in [6.45, 7) is 3.38. The highest BCUT2D eigenvalue weighted by molar-refractivity contribution is 6.32. The van der Waals surface area contributed by atoms with Crippen LogP contribution in [0.2, 0.25) is 10.0 Å². The number of hydrogen-bond acceptors (Lipinski definition) is 5. The van der Waals surface area contributed by atoms with Crippen LogP contribution in [-0.4, -0.2) is 33.3 Å². The lowest BCUT2D eigenvalue weighted by atomic mass is 10.0. The van der Waals surface area contributed by atoms with Gasteiger partial charge in [-0.15, -0.1) is 13.2 Å². The van der Waals surface area contributed by atoms with E-state index in [-0.39, 0.29) is 23.1 Å². The average molecular weight is 579 g/mol. The molecule has 202 valence electrons. The van der Waals surface area contributed by atoms with Gasteiger partial charge in [-0.3, -0.25) is 0 Å². The van der Waals surface area contributed by atoms with Gasteiger partial charge in [0.1, 0.15) is 17.2 Å². The fraction of sp³-hybridized carbons (Fsp3) is 0.185. The van der Waals surface area contributed by atoms with E-state index in [9.17, 15) is 23.1 Å².